The fourth-order valence-electron chi connectivity index (χ4n) is 3.30. The molecule has 1 aromatic heterocycles. The molecular formula is C21H27N3O3S. The molecule has 1 N–H and O–H groups in total. The lowest BCUT2D eigenvalue weighted by Crippen LogP contribution is -2.37. The molecule has 2 aromatic rings. The van der Waals surface area contributed by atoms with Crippen LogP contribution in [-0.4, -0.2) is 54.2 Å². The Bertz CT molecular complexity index is 821. The molecule has 0 bridgehead atoms. The van der Waals surface area contributed by atoms with Gasteiger partial charge in [0, 0.05) is 31.9 Å². The molecule has 28 heavy (non-hydrogen) atoms. The van der Waals surface area contributed by atoms with Crippen molar-refractivity contribution >= 4 is 29.0 Å². The molecule has 1 fully saturated rings. The van der Waals surface area contributed by atoms with Crippen molar-refractivity contribution in [3.05, 3.63) is 53.5 Å². The third-order valence-corrected chi connectivity index (χ3v) is 5.25. The van der Waals surface area contributed by atoms with Crippen LogP contribution in [0.2, 0.25) is 0 Å². The summed E-state index contributed by atoms with van der Waals surface area (Å²) in [5.74, 6) is 0.566. The van der Waals surface area contributed by atoms with E-state index in [1.54, 1.807) is 6.07 Å². The first-order valence-electron chi connectivity index (χ1n) is 9.63. The maximum absolute atomic E-state index is 11.5. The largest absolute Gasteiger partial charge is 0.463 e. The first kappa shape index (κ1) is 20.4. The summed E-state index contributed by atoms with van der Waals surface area (Å²) >= 11 is 5.64. The van der Waals surface area contributed by atoms with E-state index in [2.05, 4.69) is 45.0 Å². The number of thiocarbonyl (C=S) groups is 1. The van der Waals surface area contributed by atoms with E-state index in [-0.39, 0.29) is 5.76 Å². The molecule has 0 saturated carbocycles. The van der Waals surface area contributed by atoms with Gasteiger partial charge in [0.15, 0.2) is 5.11 Å². The van der Waals surface area contributed by atoms with Crippen molar-refractivity contribution in [3.63, 3.8) is 0 Å². The summed E-state index contributed by atoms with van der Waals surface area (Å²) in [6, 6.07) is 11.9. The number of nitrogens with zero attached hydrogens (tertiary/aromatic N) is 2. The Balaban J connectivity index is 1.53. The van der Waals surface area contributed by atoms with Crippen molar-refractivity contribution < 1.29 is 13.9 Å². The van der Waals surface area contributed by atoms with Crippen molar-refractivity contribution in [1.29, 1.82) is 0 Å². The molecule has 0 radical (unpaired) electrons. The highest BCUT2D eigenvalue weighted by molar-refractivity contribution is 7.80. The Morgan fingerprint density at radius 3 is 2.86 bits per heavy atom. The third kappa shape index (κ3) is 5.33. The summed E-state index contributed by atoms with van der Waals surface area (Å²) in [5, 5.41) is 4.13. The lowest BCUT2D eigenvalue weighted by atomic mass is 10.1. The molecule has 1 saturated heterocycles. The predicted molar refractivity (Wildman–Crippen MR) is 114 cm³/mol. The maximum atomic E-state index is 11.5. The molecule has 7 heteroatoms. The maximum Gasteiger partial charge on any atom is 0.373 e. The van der Waals surface area contributed by atoms with Crippen molar-refractivity contribution in [2.45, 2.75) is 26.3 Å². The molecule has 0 aliphatic carbocycles. The molecule has 2 heterocycles. The summed E-state index contributed by atoms with van der Waals surface area (Å²) in [7, 11) is 1.35. The van der Waals surface area contributed by atoms with Crippen LogP contribution in [0.1, 0.15) is 35.2 Å². The smallest absolute Gasteiger partial charge is 0.373 e. The Hall–Kier alpha value is -2.38. The van der Waals surface area contributed by atoms with Gasteiger partial charge in [0.05, 0.1) is 13.7 Å². The molecule has 0 unspecified atom stereocenters. The van der Waals surface area contributed by atoms with E-state index in [1.807, 2.05) is 12.1 Å². The highest BCUT2D eigenvalue weighted by Gasteiger charge is 2.19. The molecule has 0 spiro atoms. The summed E-state index contributed by atoms with van der Waals surface area (Å²) in [5.41, 5.74) is 2.33. The van der Waals surface area contributed by atoms with Gasteiger partial charge in [-0.2, -0.15) is 0 Å². The predicted octanol–water partition coefficient (Wildman–Crippen LogP) is 3.53. The van der Waals surface area contributed by atoms with Gasteiger partial charge in [0.1, 0.15) is 5.76 Å². The standard InChI is InChI=1S/C21H27N3O3S/c1-3-16-6-4-7-17(14-16)22-21(28)24-11-5-10-23(12-13-24)15-18-8-9-19(27-18)20(25)26-2/h4,6-9,14H,3,5,10-13,15H2,1-2H3,(H,22,28). The highest BCUT2D eigenvalue weighted by atomic mass is 32.1. The van der Waals surface area contributed by atoms with Crippen LogP contribution < -0.4 is 5.32 Å². The lowest BCUT2D eigenvalue weighted by molar-refractivity contribution is 0.0561. The number of ether oxygens (including phenoxy) is 1. The number of anilines is 1. The number of benzene rings is 1. The monoisotopic (exact) mass is 401 g/mol. The molecule has 0 amide bonds. The lowest BCUT2D eigenvalue weighted by Gasteiger charge is -2.24. The van der Waals surface area contributed by atoms with Gasteiger partial charge in [-0.25, -0.2) is 4.79 Å². The van der Waals surface area contributed by atoms with Crippen LogP contribution >= 0.6 is 12.2 Å². The molecule has 1 aromatic carbocycles. The van der Waals surface area contributed by atoms with Crippen molar-refractivity contribution in [3.8, 4) is 0 Å². The van der Waals surface area contributed by atoms with Gasteiger partial charge in [-0.3, -0.25) is 4.90 Å². The van der Waals surface area contributed by atoms with Gasteiger partial charge < -0.3 is 19.4 Å². The van der Waals surface area contributed by atoms with E-state index in [9.17, 15) is 4.79 Å². The van der Waals surface area contributed by atoms with E-state index in [1.165, 1.54) is 12.7 Å². The number of nitrogens with one attached hydrogen (secondary N) is 1. The molecular weight excluding hydrogens is 374 g/mol. The van der Waals surface area contributed by atoms with Crippen LogP contribution in [0.25, 0.3) is 0 Å². The van der Waals surface area contributed by atoms with Gasteiger partial charge in [-0.1, -0.05) is 19.1 Å². The van der Waals surface area contributed by atoms with Gasteiger partial charge in [0.25, 0.3) is 0 Å². The Kier molecular flexibility index (Phi) is 7.06. The number of hydrogen-bond acceptors (Lipinski definition) is 5. The molecule has 3 rings (SSSR count). The second-order valence-corrected chi connectivity index (χ2v) is 7.25. The zero-order valence-electron chi connectivity index (χ0n) is 16.4. The fraction of sp³-hybridized carbons (Fsp3) is 0.429. The minimum absolute atomic E-state index is 0.244. The van der Waals surface area contributed by atoms with Crippen molar-refractivity contribution in [1.82, 2.24) is 9.80 Å². The third-order valence-electron chi connectivity index (χ3n) is 4.89. The van der Waals surface area contributed by atoms with Gasteiger partial charge in [-0.15, -0.1) is 0 Å². The van der Waals surface area contributed by atoms with Gasteiger partial charge >= 0.3 is 5.97 Å². The van der Waals surface area contributed by atoms with Crippen LogP contribution in [0.15, 0.2) is 40.8 Å². The molecule has 0 atom stereocenters. The second kappa shape index (κ2) is 9.71. The average Bonchev–Trinajstić information content (AvgIpc) is 3.05. The fourth-order valence-corrected chi connectivity index (χ4v) is 3.60. The number of esters is 1. The van der Waals surface area contributed by atoms with E-state index in [0.29, 0.717) is 6.54 Å². The number of carbonyl (C=O) groups excluding carboxylic acids is 1. The molecule has 1 aliphatic rings. The van der Waals surface area contributed by atoms with E-state index in [4.69, 9.17) is 16.6 Å². The summed E-state index contributed by atoms with van der Waals surface area (Å²) in [6.45, 7) is 6.42. The first-order valence-corrected chi connectivity index (χ1v) is 10.0. The quantitative estimate of drug-likeness (QED) is 0.607. The Morgan fingerprint density at radius 1 is 1.21 bits per heavy atom. The van der Waals surface area contributed by atoms with Crippen LogP contribution in [0.5, 0.6) is 0 Å². The Morgan fingerprint density at radius 2 is 2.07 bits per heavy atom. The topological polar surface area (TPSA) is 58.0 Å². The molecule has 1 aliphatic heterocycles. The number of aryl methyl sites for hydroxylation is 1. The number of hydrogen-bond donors (Lipinski definition) is 1. The normalized spacial score (nSPS) is 15.1. The zero-order valence-corrected chi connectivity index (χ0v) is 17.3. The summed E-state index contributed by atoms with van der Waals surface area (Å²) in [6.07, 6.45) is 2.02. The minimum atomic E-state index is -0.447. The van der Waals surface area contributed by atoms with E-state index >= 15 is 0 Å². The number of furan rings is 1. The average molecular weight is 402 g/mol. The second-order valence-electron chi connectivity index (χ2n) is 6.86. The van der Waals surface area contributed by atoms with Crippen LogP contribution in [-0.2, 0) is 17.7 Å². The molecule has 6 nitrogen and oxygen atoms in total. The van der Waals surface area contributed by atoms with Crippen molar-refractivity contribution in [2.24, 2.45) is 0 Å². The number of methoxy groups -OCH3 is 1. The highest BCUT2D eigenvalue weighted by Crippen LogP contribution is 2.15. The number of carbonyl (C=O) groups is 1. The summed E-state index contributed by atoms with van der Waals surface area (Å²) in [4.78, 5) is 16.1. The van der Waals surface area contributed by atoms with Gasteiger partial charge in [-0.05, 0) is 54.9 Å². The van der Waals surface area contributed by atoms with E-state index in [0.717, 1.165) is 55.6 Å². The number of rotatable bonds is 5. The first-order chi connectivity index (χ1) is 13.6. The van der Waals surface area contributed by atoms with Crippen molar-refractivity contribution in [2.75, 3.05) is 38.6 Å². The SMILES string of the molecule is CCc1cccc(NC(=S)N2CCCN(Cc3ccc(C(=O)OC)o3)CC2)c1. The van der Waals surface area contributed by atoms with Crippen LogP contribution in [0.3, 0.4) is 0 Å². The van der Waals surface area contributed by atoms with Crippen LogP contribution in [0, 0.1) is 0 Å². The Labute approximate surface area is 171 Å². The molecule has 150 valence electrons. The minimum Gasteiger partial charge on any atom is -0.463 e. The zero-order chi connectivity index (χ0) is 19.9. The van der Waals surface area contributed by atoms with Crippen LogP contribution in [0.4, 0.5) is 5.69 Å². The van der Waals surface area contributed by atoms with E-state index < -0.39 is 5.97 Å². The van der Waals surface area contributed by atoms with Gasteiger partial charge in [0.2, 0.25) is 5.76 Å². The summed E-state index contributed by atoms with van der Waals surface area (Å²) < 4.78 is 10.3.